The Balaban J connectivity index is 2.58. The van der Waals surface area contributed by atoms with E-state index in [0.29, 0.717) is 5.92 Å². The second kappa shape index (κ2) is 3.41. The van der Waals surface area contributed by atoms with E-state index in [9.17, 15) is 0 Å². The van der Waals surface area contributed by atoms with Gasteiger partial charge in [-0.05, 0) is 25.2 Å². The van der Waals surface area contributed by atoms with Crippen LogP contribution in [0.25, 0.3) is 0 Å². The van der Waals surface area contributed by atoms with Gasteiger partial charge < -0.3 is 0 Å². The largest absolute Gasteiger partial charge is 0.193 e. The van der Waals surface area contributed by atoms with Crippen molar-refractivity contribution in [3.05, 3.63) is 11.6 Å². The van der Waals surface area contributed by atoms with Crippen LogP contribution in [0.15, 0.2) is 11.6 Å². The molecule has 1 saturated carbocycles. The summed E-state index contributed by atoms with van der Waals surface area (Å²) < 4.78 is 0. The lowest BCUT2D eigenvalue weighted by atomic mass is 9.85. The Labute approximate surface area is 62.4 Å². The maximum absolute atomic E-state index is 8.41. The van der Waals surface area contributed by atoms with Gasteiger partial charge in [-0.15, -0.1) is 0 Å². The molecule has 0 radical (unpaired) electrons. The normalized spacial score (nSPS) is 30.0. The topological polar surface area (TPSA) is 23.8 Å². The van der Waals surface area contributed by atoms with Crippen molar-refractivity contribution in [1.82, 2.24) is 0 Å². The van der Waals surface area contributed by atoms with Crippen molar-refractivity contribution in [2.24, 2.45) is 5.92 Å². The molecule has 0 heterocycles. The number of allylic oxidation sites excluding steroid dienone is 2. The molecule has 1 rings (SSSR count). The minimum absolute atomic E-state index is 0.661. The highest BCUT2D eigenvalue weighted by atomic mass is 14.2. The minimum Gasteiger partial charge on any atom is -0.193 e. The Hall–Kier alpha value is -0.770. The average molecular weight is 135 g/mol. The van der Waals surface area contributed by atoms with Gasteiger partial charge in [0.2, 0.25) is 0 Å². The summed E-state index contributed by atoms with van der Waals surface area (Å²) in [6, 6.07) is 2.11. The van der Waals surface area contributed by atoms with Crippen LogP contribution in [0, 0.1) is 17.2 Å². The van der Waals surface area contributed by atoms with Gasteiger partial charge in [-0.2, -0.15) is 5.26 Å². The summed E-state index contributed by atoms with van der Waals surface area (Å²) in [6.45, 7) is 2.21. The summed E-state index contributed by atoms with van der Waals surface area (Å²) in [5.41, 5.74) is 1.36. The van der Waals surface area contributed by atoms with Crippen molar-refractivity contribution in [2.75, 3.05) is 0 Å². The van der Waals surface area contributed by atoms with E-state index in [2.05, 4.69) is 13.0 Å². The van der Waals surface area contributed by atoms with Crippen molar-refractivity contribution in [2.45, 2.75) is 32.6 Å². The van der Waals surface area contributed by atoms with Crippen molar-refractivity contribution in [3.8, 4) is 6.07 Å². The molecule has 1 heteroatoms. The van der Waals surface area contributed by atoms with E-state index in [0.717, 1.165) is 6.42 Å². The van der Waals surface area contributed by atoms with Gasteiger partial charge in [0.1, 0.15) is 0 Å². The van der Waals surface area contributed by atoms with Crippen LogP contribution in [0.2, 0.25) is 0 Å². The van der Waals surface area contributed by atoms with Crippen LogP contribution in [0.4, 0.5) is 0 Å². The first kappa shape index (κ1) is 7.34. The highest BCUT2D eigenvalue weighted by Crippen LogP contribution is 2.28. The lowest BCUT2D eigenvalue weighted by Crippen LogP contribution is -2.05. The Bertz CT molecular complexity index is 174. The molecule has 0 amide bonds. The first-order valence-corrected chi connectivity index (χ1v) is 3.93. The highest BCUT2D eigenvalue weighted by Gasteiger charge is 2.12. The number of rotatable bonds is 0. The summed E-state index contributed by atoms with van der Waals surface area (Å²) in [4.78, 5) is 0. The average Bonchev–Trinajstić information content (AvgIpc) is 1.94. The molecule has 0 aromatic heterocycles. The van der Waals surface area contributed by atoms with Gasteiger partial charge in [0.25, 0.3) is 0 Å². The summed E-state index contributed by atoms with van der Waals surface area (Å²) in [7, 11) is 0. The lowest BCUT2D eigenvalue weighted by Gasteiger charge is -2.20. The first-order valence-electron chi connectivity index (χ1n) is 3.93. The monoisotopic (exact) mass is 135 g/mol. The highest BCUT2D eigenvalue weighted by molar-refractivity contribution is 5.16. The SMILES string of the molecule is CC1CCCCC1=CC#N. The van der Waals surface area contributed by atoms with E-state index in [1.165, 1.54) is 24.8 Å². The molecule has 54 valence electrons. The molecular formula is C9H13N. The predicted octanol–water partition coefficient (Wildman–Crippen LogP) is 2.65. The Kier molecular flexibility index (Phi) is 2.50. The van der Waals surface area contributed by atoms with Gasteiger partial charge in [0, 0.05) is 6.08 Å². The van der Waals surface area contributed by atoms with Gasteiger partial charge in [0.15, 0.2) is 0 Å². The quantitative estimate of drug-likeness (QED) is 0.468. The zero-order valence-electron chi connectivity index (χ0n) is 6.43. The number of hydrogen-bond acceptors (Lipinski definition) is 1. The molecule has 1 atom stereocenters. The summed E-state index contributed by atoms with van der Waals surface area (Å²) >= 11 is 0. The molecule has 0 spiro atoms. The van der Waals surface area contributed by atoms with Crippen LogP contribution in [0.5, 0.6) is 0 Å². The molecule has 0 N–H and O–H groups in total. The van der Waals surface area contributed by atoms with Gasteiger partial charge in [-0.1, -0.05) is 18.9 Å². The van der Waals surface area contributed by atoms with Crippen LogP contribution >= 0.6 is 0 Å². The fourth-order valence-electron chi connectivity index (χ4n) is 1.51. The van der Waals surface area contributed by atoms with Crippen LogP contribution in [-0.2, 0) is 0 Å². The first-order chi connectivity index (χ1) is 4.84. The second-order valence-corrected chi connectivity index (χ2v) is 3.00. The maximum atomic E-state index is 8.41. The predicted molar refractivity (Wildman–Crippen MR) is 41.3 cm³/mol. The number of hydrogen-bond donors (Lipinski definition) is 0. The smallest absolute Gasteiger partial charge is 0.0911 e. The Morgan fingerprint density at radius 2 is 2.40 bits per heavy atom. The third-order valence-corrected chi connectivity index (χ3v) is 2.24. The van der Waals surface area contributed by atoms with Gasteiger partial charge in [-0.3, -0.25) is 0 Å². The van der Waals surface area contributed by atoms with Crippen LogP contribution in [-0.4, -0.2) is 0 Å². The van der Waals surface area contributed by atoms with Crippen molar-refractivity contribution in [1.29, 1.82) is 5.26 Å². The Morgan fingerprint density at radius 1 is 1.60 bits per heavy atom. The zero-order valence-corrected chi connectivity index (χ0v) is 6.43. The van der Waals surface area contributed by atoms with Gasteiger partial charge in [0.05, 0.1) is 6.07 Å². The van der Waals surface area contributed by atoms with E-state index in [1.807, 2.05) is 0 Å². The third kappa shape index (κ3) is 1.60. The number of nitriles is 1. The lowest BCUT2D eigenvalue weighted by molar-refractivity contribution is 0.484. The van der Waals surface area contributed by atoms with E-state index in [4.69, 9.17) is 5.26 Å². The van der Waals surface area contributed by atoms with E-state index < -0.39 is 0 Å². The standard InChI is InChI=1S/C9H13N/c1-8-4-2-3-5-9(8)6-7-10/h6,8H,2-5H2,1H3. The van der Waals surface area contributed by atoms with E-state index in [-0.39, 0.29) is 0 Å². The van der Waals surface area contributed by atoms with Crippen LogP contribution in [0.1, 0.15) is 32.6 Å². The third-order valence-electron chi connectivity index (χ3n) is 2.24. The summed E-state index contributed by atoms with van der Waals surface area (Å²) in [5, 5.41) is 8.41. The molecule has 10 heavy (non-hydrogen) atoms. The van der Waals surface area contributed by atoms with Gasteiger partial charge >= 0.3 is 0 Å². The second-order valence-electron chi connectivity index (χ2n) is 3.00. The summed E-state index contributed by atoms with van der Waals surface area (Å²) in [5.74, 6) is 0.661. The fourth-order valence-corrected chi connectivity index (χ4v) is 1.51. The number of nitrogens with zero attached hydrogens (tertiary/aromatic N) is 1. The molecular weight excluding hydrogens is 122 g/mol. The molecule has 0 bridgehead atoms. The van der Waals surface area contributed by atoms with Gasteiger partial charge in [-0.25, -0.2) is 0 Å². The molecule has 1 fully saturated rings. The minimum atomic E-state index is 0.661. The molecule has 0 aliphatic heterocycles. The zero-order chi connectivity index (χ0) is 7.40. The maximum Gasteiger partial charge on any atom is 0.0911 e. The molecule has 1 unspecified atom stereocenters. The molecule has 1 aliphatic rings. The van der Waals surface area contributed by atoms with Crippen LogP contribution in [0.3, 0.4) is 0 Å². The fraction of sp³-hybridized carbons (Fsp3) is 0.667. The van der Waals surface area contributed by atoms with Crippen LogP contribution < -0.4 is 0 Å². The summed E-state index contributed by atoms with van der Waals surface area (Å²) in [6.07, 6.45) is 6.76. The van der Waals surface area contributed by atoms with E-state index in [1.54, 1.807) is 6.08 Å². The Morgan fingerprint density at radius 3 is 3.00 bits per heavy atom. The molecule has 0 aromatic rings. The van der Waals surface area contributed by atoms with E-state index >= 15 is 0 Å². The molecule has 0 saturated heterocycles. The van der Waals surface area contributed by atoms with Crippen molar-refractivity contribution >= 4 is 0 Å². The molecule has 0 aromatic carbocycles. The molecule has 1 aliphatic carbocycles. The van der Waals surface area contributed by atoms with Crippen molar-refractivity contribution in [3.63, 3.8) is 0 Å². The molecule has 1 nitrogen and oxygen atoms in total. The van der Waals surface area contributed by atoms with Crippen molar-refractivity contribution < 1.29 is 0 Å².